The van der Waals surface area contributed by atoms with Gasteiger partial charge < -0.3 is 10.4 Å². The average Bonchev–Trinajstić information content (AvgIpc) is 3.49. The van der Waals surface area contributed by atoms with Crippen molar-refractivity contribution >= 4 is 12.0 Å². The van der Waals surface area contributed by atoms with Crippen LogP contribution in [-0.2, 0) is 6.54 Å². The zero-order valence-corrected chi connectivity index (χ0v) is 18.1. The van der Waals surface area contributed by atoms with Crippen LogP contribution in [0.4, 0.5) is 0 Å². The molecule has 5 rings (SSSR count). The fourth-order valence-electron chi connectivity index (χ4n) is 5.58. The van der Waals surface area contributed by atoms with Gasteiger partial charge in [-0.2, -0.15) is 0 Å². The Kier molecular flexibility index (Phi) is 5.40. The minimum Gasteiger partial charge on any atom is -0.478 e. The fourth-order valence-corrected chi connectivity index (χ4v) is 5.58. The van der Waals surface area contributed by atoms with E-state index in [2.05, 4.69) is 58.5 Å². The van der Waals surface area contributed by atoms with Crippen molar-refractivity contribution in [1.29, 1.82) is 0 Å². The number of carbonyl (C=O) groups is 1. The topological polar surface area (TPSA) is 65.5 Å². The highest BCUT2D eigenvalue weighted by Gasteiger charge is 2.53. The first-order chi connectivity index (χ1) is 15.0. The van der Waals surface area contributed by atoms with Crippen LogP contribution in [0.25, 0.3) is 6.08 Å². The molecular formula is C26H31N3O2. The third-order valence-electron chi connectivity index (χ3n) is 7.21. The maximum absolute atomic E-state index is 10.9. The summed E-state index contributed by atoms with van der Waals surface area (Å²) in [4.78, 5) is 17.7. The van der Waals surface area contributed by atoms with Gasteiger partial charge in [-0.05, 0) is 54.7 Å². The molecule has 162 valence electrons. The predicted octanol–water partition coefficient (Wildman–Crippen LogP) is 4.22. The van der Waals surface area contributed by atoms with Crippen LogP contribution in [0.5, 0.6) is 0 Å². The maximum atomic E-state index is 10.9. The summed E-state index contributed by atoms with van der Waals surface area (Å²) in [6.07, 6.45) is 8.81. The Bertz CT molecular complexity index is 956. The molecule has 2 aliphatic carbocycles. The molecule has 5 nitrogen and oxygen atoms in total. The summed E-state index contributed by atoms with van der Waals surface area (Å²) in [6, 6.07) is 15.5. The number of likely N-dealkylation sites (tertiary alicyclic amines) is 1. The molecule has 1 spiro atoms. The molecule has 2 heterocycles. The van der Waals surface area contributed by atoms with E-state index < -0.39 is 5.97 Å². The Balaban J connectivity index is 1.05. The summed E-state index contributed by atoms with van der Waals surface area (Å²) in [5.74, 6) is -0.214. The molecular weight excluding hydrogens is 386 g/mol. The summed E-state index contributed by atoms with van der Waals surface area (Å²) >= 11 is 0. The molecule has 0 amide bonds. The molecule has 1 saturated heterocycles. The van der Waals surface area contributed by atoms with E-state index in [1.54, 1.807) is 11.6 Å². The van der Waals surface area contributed by atoms with Crippen molar-refractivity contribution in [2.45, 2.75) is 51.2 Å². The largest absolute Gasteiger partial charge is 0.478 e. The van der Waals surface area contributed by atoms with Crippen molar-refractivity contribution in [3.8, 4) is 0 Å². The predicted molar refractivity (Wildman–Crippen MR) is 122 cm³/mol. The van der Waals surface area contributed by atoms with Crippen LogP contribution in [0, 0.1) is 11.3 Å². The number of nitrogens with one attached hydrogen (secondary N) is 1. The molecule has 0 bridgehead atoms. The molecule has 2 N–H and O–H groups in total. The van der Waals surface area contributed by atoms with Gasteiger partial charge in [-0.1, -0.05) is 48.9 Å². The van der Waals surface area contributed by atoms with E-state index in [-0.39, 0.29) is 5.56 Å². The summed E-state index contributed by atoms with van der Waals surface area (Å²) in [5.41, 5.74) is 4.59. The van der Waals surface area contributed by atoms with Crippen molar-refractivity contribution in [2.75, 3.05) is 13.1 Å². The van der Waals surface area contributed by atoms with Crippen LogP contribution < -0.4 is 5.32 Å². The van der Waals surface area contributed by atoms with Gasteiger partial charge in [0.25, 0.3) is 0 Å². The first-order valence-electron chi connectivity index (χ1n) is 11.5. The standard InChI is InChI=1S/C26H31N3O2/c1-2-19(10-18-6-4-3-5-7-18)23-11-24(23)28-22-12-26(13-22)16-29(17-26)15-21-9-8-20(14-27-21)25(30)31/h3-10,14,22-24,28H,2,11-13,15-17H2,1H3,(H,30,31). The van der Waals surface area contributed by atoms with Crippen LogP contribution in [0.15, 0.2) is 54.2 Å². The molecule has 2 atom stereocenters. The van der Waals surface area contributed by atoms with Gasteiger partial charge >= 0.3 is 5.97 Å². The van der Waals surface area contributed by atoms with E-state index >= 15 is 0 Å². The van der Waals surface area contributed by atoms with Crippen molar-refractivity contribution in [1.82, 2.24) is 15.2 Å². The first kappa shape index (κ1) is 20.4. The number of hydrogen-bond acceptors (Lipinski definition) is 4. The molecule has 3 aliphatic rings. The Morgan fingerprint density at radius 1 is 1.23 bits per heavy atom. The number of nitrogens with zero attached hydrogens (tertiary/aromatic N) is 2. The lowest BCUT2D eigenvalue weighted by molar-refractivity contribution is -0.0838. The number of pyridine rings is 1. The number of hydrogen-bond donors (Lipinski definition) is 2. The van der Waals surface area contributed by atoms with Gasteiger partial charge in [-0.3, -0.25) is 9.88 Å². The Hall–Kier alpha value is -2.50. The summed E-state index contributed by atoms with van der Waals surface area (Å²) in [7, 11) is 0. The molecule has 1 aromatic carbocycles. The third kappa shape index (κ3) is 4.43. The normalized spacial score (nSPS) is 25.1. The molecule has 5 heteroatoms. The van der Waals surface area contributed by atoms with E-state index in [9.17, 15) is 4.79 Å². The first-order valence-corrected chi connectivity index (χ1v) is 11.5. The van der Waals surface area contributed by atoms with E-state index in [0.717, 1.165) is 31.7 Å². The molecule has 0 radical (unpaired) electrons. The zero-order valence-electron chi connectivity index (χ0n) is 18.1. The minimum atomic E-state index is -0.922. The summed E-state index contributed by atoms with van der Waals surface area (Å²) < 4.78 is 0. The van der Waals surface area contributed by atoms with E-state index in [0.29, 0.717) is 23.4 Å². The molecule has 2 saturated carbocycles. The highest BCUT2D eigenvalue weighted by Crippen LogP contribution is 2.50. The lowest BCUT2D eigenvalue weighted by Crippen LogP contribution is -2.65. The van der Waals surface area contributed by atoms with Gasteiger partial charge in [-0.25, -0.2) is 4.79 Å². The van der Waals surface area contributed by atoms with Gasteiger partial charge in [0.1, 0.15) is 0 Å². The molecule has 2 unspecified atom stereocenters. The highest BCUT2D eigenvalue weighted by molar-refractivity contribution is 5.87. The smallest absolute Gasteiger partial charge is 0.337 e. The lowest BCUT2D eigenvalue weighted by atomic mass is 9.60. The van der Waals surface area contributed by atoms with Crippen molar-refractivity contribution in [2.24, 2.45) is 11.3 Å². The quantitative estimate of drug-likeness (QED) is 0.673. The average molecular weight is 418 g/mol. The van der Waals surface area contributed by atoms with Crippen molar-refractivity contribution in [3.05, 3.63) is 71.1 Å². The number of rotatable bonds is 8. The second-order valence-corrected chi connectivity index (χ2v) is 9.69. The molecule has 1 aliphatic heterocycles. The molecule has 31 heavy (non-hydrogen) atoms. The fraction of sp³-hybridized carbons (Fsp3) is 0.462. The van der Waals surface area contributed by atoms with E-state index in [1.165, 1.54) is 31.0 Å². The number of aromatic carboxylic acids is 1. The lowest BCUT2D eigenvalue weighted by Gasteiger charge is -2.59. The second-order valence-electron chi connectivity index (χ2n) is 9.69. The van der Waals surface area contributed by atoms with Gasteiger partial charge in [0.15, 0.2) is 0 Å². The van der Waals surface area contributed by atoms with Crippen LogP contribution in [0.2, 0.25) is 0 Å². The van der Waals surface area contributed by atoms with Crippen molar-refractivity contribution in [3.63, 3.8) is 0 Å². The second kappa shape index (κ2) is 8.21. The van der Waals surface area contributed by atoms with Gasteiger partial charge in [0.2, 0.25) is 0 Å². The molecule has 2 aromatic rings. The van der Waals surface area contributed by atoms with Gasteiger partial charge in [-0.15, -0.1) is 0 Å². The highest BCUT2D eigenvalue weighted by atomic mass is 16.4. The minimum absolute atomic E-state index is 0.250. The SMILES string of the molecule is CCC(=Cc1ccccc1)C1CC1NC1CC2(C1)CN(Cc1ccc(C(=O)O)cn1)C2. The van der Waals surface area contributed by atoms with Gasteiger partial charge in [0, 0.05) is 37.9 Å². The number of carboxylic acids is 1. The Morgan fingerprint density at radius 3 is 2.65 bits per heavy atom. The monoisotopic (exact) mass is 417 g/mol. The Morgan fingerprint density at radius 2 is 2.00 bits per heavy atom. The number of aromatic nitrogens is 1. The van der Waals surface area contributed by atoms with Crippen LogP contribution in [0.3, 0.4) is 0 Å². The van der Waals surface area contributed by atoms with Crippen molar-refractivity contribution < 1.29 is 9.90 Å². The zero-order chi connectivity index (χ0) is 21.4. The van der Waals surface area contributed by atoms with Gasteiger partial charge in [0.05, 0.1) is 11.3 Å². The number of carboxylic acid groups (broad SMARTS) is 1. The summed E-state index contributed by atoms with van der Waals surface area (Å²) in [6.45, 7) is 5.36. The summed E-state index contributed by atoms with van der Waals surface area (Å²) in [5, 5.41) is 12.9. The van der Waals surface area contributed by atoms with E-state index in [1.807, 2.05) is 6.07 Å². The van der Waals surface area contributed by atoms with Crippen LogP contribution in [0.1, 0.15) is 54.2 Å². The Labute approximate surface area is 184 Å². The van der Waals surface area contributed by atoms with Crippen LogP contribution >= 0.6 is 0 Å². The third-order valence-corrected chi connectivity index (χ3v) is 7.21. The molecule has 3 fully saturated rings. The maximum Gasteiger partial charge on any atom is 0.337 e. The number of benzene rings is 1. The van der Waals surface area contributed by atoms with E-state index in [4.69, 9.17) is 5.11 Å². The molecule has 1 aromatic heterocycles. The van der Waals surface area contributed by atoms with Crippen LogP contribution in [-0.4, -0.2) is 46.1 Å².